The Morgan fingerprint density at radius 1 is 1.17 bits per heavy atom. The third-order valence-corrected chi connectivity index (χ3v) is 7.36. The summed E-state index contributed by atoms with van der Waals surface area (Å²) in [6, 6.07) is 5.94. The summed E-state index contributed by atoms with van der Waals surface area (Å²) in [5.41, 5.74) is 0.993. The number of rotatable bonds is 7. The van der Waals surface area contributed by atoms with E-state index in [-0.39, 0.29) is 11.3 Å². The lowest BCUT2D eigenvalue weighted by molar-refractivity contribution is -0.146. The first-order valence-electron chi connectivity index (χ1n) is 9.38. The zero-order chi connectivity index (χ0) is 21.1. The zero-order valence-corrected chi connectivity index (χ0v) is 17.6. The SMILES string of the molecule is O=C(COC(=O)Cc1cn2ccsc2n1)Nc1ccc(S(=O)(=O)N2CCCC2)cc1. The summed E-state index contributed by atoms with van der Waals surface area (Å²) < 4.78 is 33.3. The van der Waals surface area contributed by atoms with Crippen LogP contribution >= 0.6 is 11.3 Å². The van der Waals surface area contributed by atoms with Crippen LogP contribution in [0.1, 0.15) is 18.5 Å². The van der Waals surface area contributed by atoms with E-state index in [1.165, 1.54) is 39.9 Å². The van der Waals surface area contributed by atoms with Crippen LogP contribution in [0.2, 0.25) is 0 Å². The lowest BCUT2D eigenvalue weighted by Gasteiger charge is -2.15. The van der Waals surface area contributed by atoms with Gasteiger partial charge in [-0.3, -0.25) is 14.0 Å². The van der Waals surface area contributed by atoms with Crippen molar-refractivity contribution in [3.63, 3.8) is 0 Å². The summed E-state index contributed by atoms with van der Waals surface area (Å²) >= 11 is 1.46. The van der Waals surface area contributed by atoms with E-state index in [2.05, 4.69) is 10.3 Å². The number of sulfonamides is 1. The zero-order valence-electron chi connectivity index (χ0n) is 16.0. The summed E-state index contributed by atoms with van der Waals surface area (Å²) in [7, 11) is -3.50. The maximum absolute atomic E-state index is 12.5. The number of anilines is 1. The largest absolute Gasteiger partial charge is 0.455 e. The molecule has 30 heavy (non-hydrogen) atoms. The number of esters is 1. The molecule has 11 heteroatoms. The molecule has 0 radical (unpaired) electrons. The molecule has 0 unspecified atom stereocenters. The van der Waals surface area contributed by atoms with E-state index < -0.39 is 28.5 Å². The Morgan fingerprint density at radius 2 is 1.90 bits per heavy atom. The van der Waals surface area contributed by atoms with Gasteiger partial charge in [0.2, 0.25) is 10.0 Å². The third-order valence-electron chi connectivity index (χ3n) is 4.67. The molecule has 0 saturated carbocycles. The molecule has 1 aliphatic rings. The fourth-order valence-electron chi connectivity index (χ4n) is 3.19. The molecule has 3 heterocycles. The standard InChI is InChI=1S/C19H20N4O5S2/c24-17(13-28-18(25)11-15-12-22-9-10-29-19(22)21-15)20-14-3-5-16(6-4-14)30(26,27)23-7-1-2-8-23/h3-6,9-10,12H,1-2,7-8,11,13H2,(H,20,24). The number of hydrogen-bond acceptors (Lipinski definition) is 7. The second-order valence-corrected chi connectivity index (χ2v) is 9.66. The molecule has 1 saturated heterocycles. The number of carbonyl (C=O) groups is 2. The van der Waals surface area contributed by atoms with Gasteiger partial charge in [-0.2, -0.15) is 4.31 Å². The van der Waals surface area contributed by atoms with E-state index in [4.69, 9.17) is 4.74 Å². The molecule has 0 bridgehead atoms. The number of nitrogens with one attached hydrogen (secondary N) is 1. The maximum Gasteiger partial charge on any atom is 0.312 e. The van der Waals surface area contributed by atoms with Gasteiger partial charge in [-0.25, -0.2) is 13.4 Å². The molecule has 1 amide bonds. The number of carbonyl (C=O) groups excluding carboxylic acids is 2. The van der Waals surface area contributed by atoms with Gasteiger partial charge in [0, 0.05) is 36.6 Å². The molecule has 4 rings (SSSR count). The lowest BCUT2D eigenvalue weighted by Crippen LogP contribution is -2.27. The highest BCUT2D eigenvalue weighted by Crippen LogP contribution is 2.22. The second kappa shape index (κ2) is 8.54. The minimum absolute atomic E-state index is 0.0231. The summed E-state index contributed by atoms with van der Waals surface area (Å²) in [5.74, 6) is -1.06. The molecule has 2 aromatic heterocycles. The number of fused-ring (bicyclic) bond motifs is 1. The first-order chi connectivity index (χ1) is 14.4. The molecule has 1 N–H and O–H groups in total. The fraction of sp³-hybridized carbons (Fsp3) is 0.316. The van der Waals surface area contributed by atoms with Gasteiger partial charge in [0.25, 0.3) is 5.91 Å². The highest BCUT2D eigenvalue weighted by molar-refractivity contribution is 7.89. The molecule has 158 valence electrons. The van der Waals surface area contributed by atoms with Gasteiger partial charge in [-0.15, -0.1) is 11.3 Å². The van der Waals surface area contributed by atoms with Crippen LogP contribution in [0.25, 0.3) is 4.96 Å². The van der Waals surface area contributed by atoms with Crippen molar-refractivity contribution in [2.24, 2.45) is 0 Å². The van der Waals surface area contributed by atoms with Crippen molar-refractivity contribution in [2.45, 2.75) is 24.2 Å². The predicted molar refractivity (Wildman–Crippen MR) is 111 cm³/mol. The van der Waals surface area contributed by atoms with Gasteiger partial charge in [-0.1, -0.05) is 0 Å². The number of hydrogen-bond donors (Lipinski definition) is 1. The van der Waals surface area contributed by atoms with E-state index in [9.17, 15) is 18.0 Å². The molecule has 1 aliphatic heterocycles. The van der Waals surface area contributed by atoms with Crippen LogP contribution < -0.4 is 5.32 Å². The van der Waals surface area contributed by atoms with Crippen LogP contribution in [-0.4, -0.2) is 53.7 Å². The topological polar surface area (TPSA) is 110 Å². The Morgan fingerprint density at radius 3 is 2.60 bits per heavy atom. The normalized spacial score (nSPS) is 14.8. The van der Waals surface area contributed by atoms with Crippen molar-refractivity contribution >= 4 is 43.9 Å². The number of benzene rings is 1. The maximum atomic E-state index is 12.5. The van der Waals surface area contributed by atoms with Crippen LogP contribution in [-0.2, 0) is 30.8 Å². The quantitative estimate of drug-likeness (QED) is 0.553. The molecule has 0 aliphatic carbocycles. The van der Waals surface area contributed by atoms with Crippen LogP contribution in [0.3, 0.4) is 0 Å². The Hall–Kier alpha value is -2.76. The minimum atomic E-state index is -3.50. The molecule has 1 fully saturated rings. The second-order valence-electron chi connectivity index (χ2n) is 6.85. The number of imidazole rings is 1. The number of thiazole rings is 1. The van der Waals surface area contributed by atoms with Gasteiger partial charge >= 0.3 is 5.97 Å². The number of amides is 1. The molecule has 3 aromatic rings. The van der Waals surface area contributed by atoms with E-state index in [0.717, 1.165) is 17.8 Å². The van der Waals surface area contributed by atoms with Gasteiger partial charge in [-0.05, 0) is 37.1 Å². The van der Waals surface area contributed by atoms with Gasteiger partial charge < -0.3 is 10.1 Å². The Balaban J connectivity index is 1.27. The molecular formula is C19H20N4O5S2. The Labute approximate surface area is 177 Å². The summed E-state index contributed by atoms with van der Waals surface area (Å²) in [5, 5.41) is 4.48. The number of aromatic nitrogens is 2. The molecule has 0 spiro atoms. The number of nitrogens with zero attached hydrogens (tertiary/aromatic N) is 3. The first kappa shape index (κ1) is 20.5. The van der Waals surface area contributed by atoms with Crippen LogP contribution in [0.4, 0.5) is 5.69 Å². The third kappa shape index (κ3) is 4.53. The van der Waals surface area contributed by atoms with Crippen molar-refractivity contribution in [3.05, 3.63) is 47.7 Å². The van der Waals surface area contributed by atoms with Gasteiger partial charge in [0.15, 0.2) is 11.6 Å². The smallest absolute Gasteiger partial charge is 0.312 e. The lowest BCUT2D eigenvalue weighted by atomic mass is 10.3. The van der Waals surface area contributed by atoms with Crippen molar-refractivity contribution in [3.8, 4) is 0 Å². The van der Waals surface area contributed by atoms with E-state index in [1.54, 1.807) is 6.20 Å². The molecular weight excluding hydrogens is 428 g/mol. The average Bonchev–Trinajstić information content (AvgIpc) is 3.45. The van der Waals surface area contributed by atoms with Crippen molar-refractivity contribution < 1.29 is 22.7 Å². The summed E-state index contributed by atoms with van der Waals surface area (Å²) in [4.78, 5) is 29.2. The van der Waals surface area contributed by atoms with Gasteiger partial charge in [0.05, 0.1) is 17.0 Å². The highest BCUT2D eigenvalue weighted by Gasteiger charge is 2.26. The monoisotopic (exact) mass is 448 g/mol. The van der Waals surface area contributed by atoms with E-state index >= 15 is 0 Å². The van der Waals surface area contributed by atoms with Crippen LogP contribution in [0.15, 0.2) is 46.9 Å². The first-order valence-corrected chi connectivity index (χ1v) is 11.7. The fourth-order valence-corrected chi connectivity index (χ4v) is 5.43. The predicted octanol–water partition coefficient (Wildman–Crippen LogP) is 1.90. The molecule has 1 aromatic carbocycles. The Bertz CT molecular complexity index is 1130. The molecule has 9 nitrogen and oxygen atoms in total. The van der Waals surface area contributed by atoms with E-state index in [1.807, 2.05) is 16.0 Å². The van der Waals surface area contributed by atoms with Crippen molar-refractivity contribution in [2.75, 3.05) is 25.0 Å². The minimum Gasteiger partial charge on any atom is -0.455 e. The average molecular weight is 449 g/mol. The summed E-state index contributed by atoms with van der Waals surface area (Å²) in [6.45, 7) is 0.626. The Kier molecular flexibility index (Phi) is 5.84. The highest BCUT2D eigenvalue weighted by atomic mass is 32.2. The molecule has 0 atom stereocenters. The van der Waals surface area contributed by atoms with E-state index in [0.29, 0.717) is 24.5 Å². The number of ether oxygens (including phenoxy) is 1. The van der Waals surface area contributed by atoms with Crippen LogP contribution in [0.5, 0.6) is 0 Å². The van der Waals surface area contributed by atoms with Crippen molar-refractivity contribution in [1.29, 1.82) is 0 Å². The van der Waals surface area contributed by atoms with Gasteiger partial charge in [0.1, 0.15) is 0 Å². The summed E-state index contributed by atoms with van der Waals surface area (Å²) in [6.07, 6.45) is 5.29. The van der Waals surface area contributed by atoms with Crippen LogP contribution in [0, 0.1) is 0 Å². The van der Waals surface area contributed by atoms with Crippen molar-refractivity contribution in [1.82, 2.24) is 13.7 Å².